The molecular weight excluding hydrogens is 504 g/mol. The van der Waals surface area contributed by atoms with Crippen LogP contribution in [0.3, 0.4) is 0 Å². The number of carbonyl (C=O) groups is 2. The number of hydrogen-bond donors (Lipinski definition) is 2. The van der Waals surface area contributed by atoms with Gasteiger partial charge < -0.3 is 19.7 Å². The average molecular weight is 553 g/mol. The van der Waals surface area contributed by atoms with Gasteiger partial charge in [0, 0.05) is 35.0 Å². The summed E-state index contributed by atoms with van der Waals surface area (Å²) < 4.78 is 13.0. The zero-order valence-electron chi connectivity index (χ0n) is 25.2. The highest BCUT2D eigenvalue weighted by Crippen LogP contribution is 2.77. The Morgan fingerprint density at radius 1 is 1.12 bits per heavy atom. The van der Waals surface area contributed by atoms with Gasteiger partial charge in [-0.3, -0.25) is 9.59 Å². The molecule has 0 aromatic carbocycles. The molecule has 8 atom stereocenters. The second-order valence-corrected chi connectivity index (χ2v) is 13.1. The van der Waals surface area contributed by atoms with E-state index in [1.54, 1.807) is 0 Å². The van der Waals surface area contributed by atoms with E-state index in [9.17, 15) is 19.8 Å². The third kappa shape index (κ3) is 4.80. The minimum absolute atomic E-state index is 0.0314. The Morgan fingerprint density at radius 2 is 1.80 bits per heavy atom. The van der Waals surface area contributed by atoms with Crippen LogP contribution in [0.2, 0.25) is 0 Å². The van der Waals surface area contributed by atoms with Crippen molar-refractivity contribution in [3.63, 3.8) is 0 Å². The Hall–Kier alpha value is -2.28. The predicted molar refractivity (Wildman–Crippen MR) is 156 cm³/mol. The summed E-state index contributed by atoms with van der Waals surface area (Å²) in [5.41, 5.74) is -1.31. The molecule has 2 fully saturated rings. The first-order valence-corrected chi connectivity index (χ1v) is 15.0. The van der Waals surface area contributed by atoms with Gasteiger partial charge in [0.2, 0.25) is 0 Å². The van der Waals surface area contributed by atoms with Gasteiger partial charge >= 0.3 is 5.97 Å². The van der Waals surface area contributed by atoms with Crippen LogP contribution in [0.15, 0.2) is 59.8 Å². The van der Waals surface area contributed by atoms with Crippen LogP contribution in [0.1, 0.15) is 67.7 Å². The van der Waals surface area contributed by atoms with Gasteiger partial charge in [-0.2, -0.15) is 0 Å². The molecule has 0 aromatic rings. The maximum absolute atomic E-state index is 13.2. The van der Waals surface area contributed by atoms with Gasteiger partial charge in [0.1, 0.15) is 11.7 Å². The van der Waals surface area contributed by atoms with Crippen molar-refractivity contribution in [3.05, 3.63) is 59.8 Å². The summed E-state index contributed by atoms with van der Waals surface area (Å²) in [6.07, 6.45) is 17.9. The van der Waals surface area contributed by atoms with E-state index in [0.29, 0.717) is 18.6 Å². The Labute approximate surface area is 239 Å². The number of esters is 1. The first kappa shape index (κ1) is 30.7. The lowest BCUT2D eigenvalue weighted by Gasteiger charge is -2.52. The van der Waals surface area contributed by atoms with E-state index in [4.69, 9.17) is 9.47 Å². The molecule has 4 rings (SSSR count). The molecule has 220 valence electrons. The van der Waals surface area contributed by atoms with Crippen molar-refractivity contribution in [2.75, 3.05) is 13.2 Å². The lowest BCUT2D eigenvalue weighted by atomic mass is 9.60. The van der Waals surface area contributed by atoms with E-state index in [1.807, 2.05) is 70.2 Å². The molecule has 4 aliphatic carbocycles. The number of ketones is 1. The molecule has 0 radical (unpaired) electrons. The van der Waals surface area contributed by atoms with Crippen molar-refractivity contribution in [2.24, 2.45) is 40.9 Å². The van der Waals surface area contributed by atoms with E-state index >= 15 is 0 Å². The van der Waals surface area contributed by atoms with Crippen molar-refractivity contribution in [1.82, 2.24) is 0 Å². The standard InChI is InChI=1S/C34H48O6/c1-8-9-10-11-12-13-14-15-16-39-30-23(5)33(38)26-17-22(4)28(36)25(26)18-24(20-35)19-27(33)29-32(6,7)34(29,30)40-31(37)21(2)3/h10-15,17,19,21,23,25-27,29-30,35,38H,8-9,16,18,20H2,1-7H3. The molecule has 0 aromatic heterocycles. The summed E-state index contributed by atoms with van der Waals surface area (Å²) in [4.78, 5) is 26.3. The summed E-state index contributed by atoms with van der Waals surface area (Å²) in [6, 6.07) is 0. The van der Waals surface area contributed by atoms with E-state index in [1.165, 1.54) is 0 Å². The zero-order chi connectivity index (χ0) is 29.5. The van der Waals surface area contributed by atoms with Gasteiger partial charge in [0.05, 0.1) is 24.7 Å². The van der Waals surface area contributed by atoms with E-state index in [0.717, 1.165) is 18.4 Å². The topological polar surface area (TPSA) is 93.1 Å². The Morgan fingerprint density at radius 3 is 2.42 bits per heavy atom. The summed E-state index contributed by atoms with van der Waals surface area (Å²) in [6.45, 7) is 13.9. The number of fused-ring (bicyclic) bond motifs is 5. The number of unbranched alkanes of at least 4 members (excludes halogenated alkanes) is 1. The normalized spacial score (nSPS) is 38.3. The van der Waals surface area contributed by atoms with Crippen molar-refractivity contribution in [1.29, 1.82) is 0 Å². The molecule has 0 spiro atoms. The number of allylic oxidation sites excluding steroid dienone is 6. The highest BCUT2D eigenvalue weighted by Gasteiger charge is 2.86. The number of hydrogen-bond acceptors (Lipinski definition) is 6. The van der Waals surface area contributed by atoms with Crippen molar-refractivity contribution in [2.45, 2.75) is 85.0 Å². The maximum atomic E-state index is 13.2. The SMILES string of the molecule is CCCC=CC=CC=CCOC1C(C)C2(O)C3C=C(C)C(=O)C3CC(CO)=CC2C2C(C)(C)C12OC(=O)C(C)C. The molecule has 6 nitrogen and oxygen atoms in total. The zero-order valence-corrected chi connectivity index (χ0v) is 25.2. The first-order chi connectivity index (χ1) is 18.9. The second-order valence-electron chi connectivity index (χ2n) is 13.1. The third-order valence-electron chi connectivity index (χ3n) is 10.1. The van der Waals surface area contributed by atoms with E-state index < -0.39 is 46.4 Å². The van der Waals surface area contributed by atoms with Crippen LogP contribution >= 0.6 is 0 Å². The molecular formula is C34H48O6. The molecule has 2 N–H and O–H groups in total. The molecule has 0 amide bonds. The largest absolute Gasteiger partial charge is 0.455 e. The Bertz CT molecular complexity index is 1140. The van der Waals surface area contributed by atoms with Gasteiger partial charge in [0.25, 0.3) is 0 Å². The summed E-state index contributed by atoms with van der Waals surface area (Å²) in [5.74, 6) is -2.48. The fourth-order valence-corrected chi connectivity index (χ4v) is 7.89. The number of rotatable bonds is 10. The van der Waals surface area contributed by atoms with Gasteiger partial charge in [-0.1, -0.05) is 96.6 Å². The number of aliphatic hydroxyl groups excluding tert-OH is 1. The maximum Gasteiger partial charge on any atom is 0.309 e. The van der Waals surface area contributed by atoms with Crippen LogP contribution in [-0.2, 0) is 19.1 Å². The molecule has 0 saturated heterocycles. The van der Waals surface area contributed by atoms with Crippen molar-refractivity contribution in [3.8, 4) is 0 Å². The number of aliphatic hydroxyl groups is 2. The number of ether oxygens (including phenoxy) is 2. The quantitative estimate of drug-likeness (QED) is 0.211. The number of carbonyl (C=O) groups excluding carboxylic acids is 2. The molecule has 2 saturated carbocycles. The Balaban J connectivity index is 1.73. The fourth-order valence-electron chi connectivity index (χ4n) is 7.89. The second kappa shape index (κ2) is 11.5. The van der Waals surface area contributed by atoms with Crippen LogP contribution in [0.4, 0.5) is 0 Å². The van der Waals surface area contributed by atoms with Crippen LogP contribution in [0, 0.1) is 40.9 Å². The van der Waals surface area contributed by atoms with E-state index in [-0.39, 0.29) is 30.2 Å². The van der Waals surface area contributed by atoms with Gasteiger partial charge in [-0.15, -0.1) is 0 Å². The molecule has 40 heavy (non-hydrogen) atoms. The minimum atomic E-state index is -1.31. The van der Waals surface area contributed by atoms with Crippen LogP contribution in [0.25, 0.3) is 0 Å². The van der Waals surface area contributed by atoms with Crippen LogP contribution < -0.4 is 0 Å². The van der Waals surface area contributed by atoms with Crippen LogP contribution in [-0.4, -0.2) is 52.5 Å². The first-order valence-electron chi connectivity index (χ1n) is 15.0. The minimum Gasteiger partial charge on any atom is -0.455 e. The van der Waals surface area contributed by atoms with E-state index in [2.05, 4.69) is 26.8 Å². The molecule has 4 aliphatic rings. The smallest absolute Gasteiger partial charge is 0.309 e. The number of Topliss-reactive ketones (excluding diaryl/α,β-unsaturated/α-hetero) is 1. The highest BCUT2D eigenvalue weighted by molar-refractivity contribution is 6.00. The van der Waals surface area contributed by atoms with Gasteiger partial charge in [-0.25, -0.2) is 0 Å². The summed E-state index contributed by atoms with van der Waals surface area (Å²) in [5, 5.41) is 23.0. The van der Waals surface area contributed by atoms with Crippen molar-refractivity contribution >= 4 is 11.8 Å². The van der Waals surface area contributed by atoms with Crippen molar-refractivity contribution < 1.29 is 29.3 Å². The lowest BCUT2D eigenvalue weighted by molar-refractivity contribution is -0.219. The summed E-state index contributed by atoms with van der Waals surface area (Å²) >= 11 is 0. The predicted octanol–water partition coefficient (Wildman–Crippen LogP) is 5.52. The summed E-state index contributed by atoms with van der Waals surface area (Å²) in [7, 11) is 0. The van der Waals surface area contributed by atoms with Crippen LogP contribution in [0.5, 0.6) is 0 Å². The highest BCUT2D eigenvalue weighted by atomic mass is 16.6. The molecule has 0 bridgehead atoms. The average Bonchev–Trinajstić information content (AvgIpc) is 3.30. The Kier molecular flexibility index (Phi) is 8.85. The van der Waals surface area contributed by atoms with Gasteiger partial charge in [-0.05, 0) is 30.9 Å². The molecule has 0 heterocycles. The molecule has 0 aliphatic heterocycles. The molecule has 6 heteroatoms. The molecule has 8 unspecified atom stereocenters. The third-order valence-corrected chi connectivity index (χ3v) is 10.1. The fraction of sp³-hybridized carbons (Fsp3) is 0.647. The lowest BCUT2D eigenvalue weighted by Crippen LogP contribution is -2.63. The van der Waals surface area contributed by atoms with Gasteiger partial charge in [0.15, 0.2) is 5.78 Å². The monoisotopic (exact) mass is 552 g/mol.